The topological polar surface area (TPSA) is 42.7 Å². The smallest absolute Gasteiger partial charge is 0.164 e. The molecule has 0 fully saturated rings. The van der Waals surface area contributed by atoms with E-state index >= 15 is 0 Å². The van der Waals surface area contributed by atoms with Crippen LogP contribution in [0.5, 0.6) is 0 Å². The molecule has 0 spiro atoms. The molecule has 19 heavy (non-hydrogen) atoms. The molecule has 0 saturated carbocycles. The maximum atomic E-state index is 4.45. The van der Waals surface area contributed by atoms with Gasteiger partial charge in [-0.05, 0) is 13.0 Å². The highest BCUT2D eigenvalue weighted by atomic mass is 15.3. The van der Waals surface area contributed by atoms with Crippen LogP contribution in [0, 0.1) is 0 Å². The third-order valence-electron chi connectivity index (χ3n) is 3.36. The molecule has 0 bridgehead atoms. The molecule has 0 atom stereocenters. The van der Waals surface area contributed by atoms with Gasteiger partial charge in [0.2, 0.25) is 0 Å². The van der Waals surface area contributed by atoms with Gasteiger partial charge in [-0.15, -0.1) is 0 Å². The zero-order chi connectivity index (χ0) is 13.8. The van der Waals surface area contributed by atoms with E-state index in [9.17, 15) is 0 Å². The van der Waals surface area contributed by atoms with E-state index in [0.717, 1.165) is 25.5 Å². The van der Waals surface area contributed by atoms with Gasteiger partial charge in [-0.2, -0.15) is 5.10 Å². The van der Waals surface area contributed by atoms with Gasteiger partial charge < -0.3 is 5.32 Å². The van der Waals surface area contributed by atoms with Crippen LogP contribution >= 0.6 is 0 Å². The highest BCUT2D eigenvalue weighted by molar-refractivity contribution is 4.80. The molecule has 0 aliphatic carbocycles. The number of nitrogens with zero attached hydrogens (tertiary/aromatic N) is 3. The summed E-state index contributed by atoms with van der Waals surface area (Å²) in [5.74, 6) is 0.904. The molecule has 0 radical (unpaired) electrons. The van der Waals surface area contributed by atoms with Gasteiger partial charge in [-0.25, -0.2) is 4.98 Å². The average Bonchev–Trinajstić information content (AvgIpc) is 2.87. The van der Waals surface area contributed by atoms with E-state index in [-0.39, 0.29) is 0 Å². The minimum atomic E-state index is 0.779. The number of hydrogen-bond acceptors (Lipinski definition) is 3. The van der Waals surface area contributed by atoms with Crippen LogP contribution in [-0.2, 0) is 13.1 Å². The summed E-state index contributed by atoms with van der Waals surface area (Å²) in [4.78, 5) is 4.29. The molecule has 1 N–H and O–H groups in total. The zero-order valence-electron chi connectivity index (χ0n) is 12.7. The number of aromatic nitrogens is 3. The van der Waals surface area contributed by atoms with Crippen LogP contribution < -0.4 is 5.32 Å². The van der Waals surface area contributed by atoms with Crippen molar-refractivity contribution in [3.8, 4) is 0 Å². The Bertz CT molecular complexity index is 309. The van der Waals surface area contributed by atoms with Gasteiger partial charge in [-0.1, -0.05) is 58.8 Å². The summed E-state index contributed by atoms with van der Waals surface area (Å²) in [6.45, 7) is 7.11. The second-order valence-corrected chi connectivity index (χ2v) is 5.18. The maximum absolute atomic E-state index is 4.45. The Morgan fingerprint density at radius 1 is 1.00 bits per heavy atom. The van der Waals surface area contributed by atoms with Gasteiger partial charge >= 0.3 is 0 Å². The lowest BCUT2D eigenvalue weighted by Gasteiger charge is -2.02. The summed E-state index contributed by atoms with van der Waals surface area (Å²) in [5, 5.41) is 7.69. The van der Waals surface area contributed by atoms with Crippen LogP contribution in [0.3, 0.4) is 0 Å². The molecule has 0 aliphatic rings. The summed E-state index contributed by atoms with van der Waals surface area (Å²) < 4.78 is 1.98. The Balaban J connectivity index is 1.98. The molecular weight excluding hydrogens is 236 g/mol. The number of aryl methyl sites for hydroxylation is 1. The van der Waals surface area contributed by atoms with Crippen LogP contribution in [0.25, 0.3) is 0 Å². The van der Waals surface area contributed by atoms with Crippen molar-refractivity contribution in [2.24, 2.45) is 0 Å². The molecule has 0 aromatic carbocycles. The third kappa shape index (κ3) is 7.98. The van der Waals surface area contributed by atoms with Crippen molar-refractivity contribution >= 4 is 0 Å². The summed E-state index contributed by atoms with van der Waals surface area (Å²) in [5.41, 5.74) is 0. The lowest BCUT2D eigenvalue weighted by atomic mass is 10.1. The van der Waals surface area contributed by atoms with E-state index in [2.05, 4.69) is 29.2 Å². The van der Waals surface area contributed by atoms with Crippen molar-refractivity contribution in [1.29, 1.82) is 0 Å². The van der Waals surface area contributed by atoms with Crippen molar-refractivity contribution in [3.05, 3.63) is 12.2 Å². The lowest BCUT2D eigenvalue weighted by molar-refractivity contribution is 0.515. The maximum Gasteiger partial charge on any atom is 0.164 e. The van der Waals surface area contributed by atoms with Gasteiger partial charge in [-0.3, -0.25) is 4.68 Å². The van der Waals surface area contributed by atoms with Gasteiger partial charge in [0.25, 0.3) is 0 Å². The first-order chi connectivity index (χ1) is 9.36. The highest BCUT2D eigenvalue weighted by Crippen LogP contribution is 2.08. The van der Waals surface area contributed by atoms with Gasteiger partial charge in [0.05, 0.1) is 6.54 Å². The average molecular weight is 266 g/mol. The Morgan fingerprint density at radius 3 is 2.37 bits per heavy atom. The standard InChI is InChI=1S/C15H30N4/c1-3-5-6-7-8-9-10-11-12-19-14-17-15(18-19)13-16-4-2/h14,16H,3-13H2,1-2H3. The van der Waals surface area contributed by atoms with Crippen LogP contribution in [0.15, 0.2) is 6.33 Å². The van der Waals surface area contributed by atoms with Gasteiger partial charge in [0.1, 0.15) is 6.33 Å². The molecule has 1 aromatic heterocycles. The molecule has 0 saturated heterocycles. The van der Waals surface area contributed by atoms with Crippen molar-refractivity contribution in [2.75, 3.05) is 6.54 Å². The first kappa shape index (κ1) is 16.2. The lowest BCUT2D eigenvalue weighted by Crippen LogP contribution is -2.13. The number of nitrogens with one attached hydrogen (secondary N) is 1. The first-order valence-corrected chi connectivity index (χ1v) is 7.95. The molecule has 4 heteroatoms. The van der Waals surface area contributed by atoms with Crippen LogP contribution in [0.4, 0.5) is 0 Å². The fourth-order valence-corrected chi connectivity index (χ4v) is 2.17. The van der Waals surface area contributed by atoms with E-state index in [1.54, 1.807) is 0 Å². The quantitative estimate of drug-likeness (QED) is 0.589. The van der Waals surface area contributed by atoms with Gasteiger partial charge in [0, 0.05) is 6.54 Å². The second-order valence-electron chi connectivity index (χ2n) is 5.18. The Morgan fingerprint density at radius 2 is 1.68 bits per heavy atom. The van der Waals surface area contributed by atoms with Crippen LogP contribution in [0.1, 0.15) is 71.0 Å². The molecule has 1 aromatic rings. The Hall–Kier alpha value is -0.900. The van der Waals surface area contributed by atoms with E-state index in [1.165, 1.54) is 51.4 Å². The SMILES string of the molecule is CCCCCCCCCCn1cnc(CNCC)n1. The zero-order valence-corrected chi connectivity index (χ0v) is 12.7. The number of hydrogen-bond donors (Lipinski definition) is 1. The first-order valence-electron chi connectivity index (χ1n) is 7.95. The summed E-state index contributed by atoms with van der Waals surface area (Å²) in [6.07, 6.45) is 12.7. The number of rotatable bonds is 12. The third-order valence-corrected chi connectivity index (χ3v) is 3.36. The molecule has 0 amide bonds. The Kier molecular flexibility index (Phi) is 9.33. The molecule has 4 nitrogen and oxygen atoms in total. The van der Waals surface area contributed by atoms with Crippen molar-refractivity contribution in [2.45, 2.75) is 78.3 Å². The van der Waals surface area contributed by atoms with E-state index in [1.807, 2.05) is 11.0 Å². The van der Waals surface area contributed by atoms with E-state index in [0.29, 0.717) is 0 Å². The monoisotopic (exact) mass is 266 g/mol. The minimum absolute atomic E-state index is 0.779. The van der Waals surface area contributed by atoms with E-state index < -0.39 is 0 Å². The summed E-state index contributed by atoms with van der Waals surface area (Å²) in [7, 11) is 0. The Labute approximate surface area is 118 Å². The number of unbranched alkanes of at least 4 members (excludes halogenated alkanes) is 7. The second kappa shape index (κ2) is 11.0. The molecule has 0 unspecified atom stereocenters. The van der Waals surface area contributed by atoms with Crippen molar-refractivity contribution in [1.82, 2.24) is 20.1 Å². The highest BCUT2D eigenvalue weighted by Gasteiger charge is 1.99. The normalized spacial score (nSPS) is 11.1. The van der Waals surface area contributed by atoms with Crippen LogP contribution in [0.2, 0.25) is 0 Å². The molecule has 1 heterocycles. The predicted octanol–water partition coefficient (Wildman–Crippen LogP) is 3.53. The van der Waals surface area contributed by atoms with Crippen molar-refractivity contribution < 1.29 is 0 Å². The summed E-state index contributed by atoms with van der Waals surface area (Å²) >= 11 is 0. The van der Waals surface area contributed by atoms with Gasteiger partial charge in [0.15, 0.2) is 5.82 Å². The fourth-order valence-electron chi connectivity index (χ4n) is 2.17. The molecule has 1 rings (SSSR count). The van der Waals surface area contributed by atoms with Crippen molar-refractivity contribution in [3.63, 3.8) is 0 Å². The molecule has 0 aliphatic heterocycles. The fraction of sp³-hybridized carbons (Fsp3) is 0.867. The largest absolute Gasteiger partial charge is 0.310 e. The summed E-state index contributed by atoms with van der Waals surface area (Å²) in [6, 6.07) is 0. The molecule has 110 valence electrons. The minimum Gasteiger partial charge on any atom is -0.310 e. The van der Waals surface area contributed by atoms with Crippen LogP contribution in [-0.4, -0.2) is 21.3 Å². The van der Waals surface area contributed by atoms with E-state index in [4.69, 9.17) is 0 Å². The molecular formula is C15H30N4. The predicted molar refractivity (Wildman–Crippen MR) is 80.0 cm³/mol.